The van der Waals surface area contributed by atoms with Gasteiger partial charge in [0, 0.05) is 17.7 Å². The van der Waals surface area contributed by atoms with E-state index in [0.717, 1.165) is 35.1 Å². The highest BCUT2D eigenvalue weighted by atomic mass is 16.7. The van der Waals surface area contributed by atoms with Gasteiger partial charge in [-0.3, -0.25) is 0 Å². The van der Waals surface area contributed by atoms with Crippen molar-refractivity contribution < 1.29 is 14.2 Å². The first-order chi connectivity index (χ1) is 10.3. The van der Waals surface area contributed by atoms with Gasteiger partial charge in [0.1, 0.15) is 11.5 Å². The quantitative estimate of drug-likeness (QED) is 0.905. The van der Waals surface area contributed by atoms with Crippen molar-refractivity contribution in [3.63, 3.8) is 0 Å². The number of hydrogen-bond donors (Lipinski definition) is 1. The maximum Gasteiger partial charge on any atom is 0.231 e. The third-order valence-corrected chi connectivity index (χ3v) is 3.47. The monoisotopic (exact) mass is 285 g/mol. The third kappa shape index (κ3) is 2.95. The molecule has 1 heterocycles. The zero-order valence-electron chi connectivity index (χ0n) is 12.3. The van der Waals surface area contributed by atoms with Crippen LogP contribution in [-0.4, -0.2) is 13.3 Å². The summed E-state index contributed by atoms with van der Waals surface area (Å²) in [5.74, 6) is 3.08. The zero-order valence-corrected chi connectivity index (χ0v) is 12.3. The van der Waals surface area contributed by atoms with Crippen molar-refractivity contribution in [2.24, 2.45) is 0 Å². The number of rotatable bonds is 5. The molecule has 0 saturated heterocycles. The number of ether oxygens (including phenoxy) is 3. The highest BCUT2D eigenvalue weighted by molar-refractivity contribution is 5.49. The van der Waals surface area contributed by atoms with Crippen molar-refractivity contribution in [3.05, 3.63) is 48.0 Å². The van der Waals surface area contributed by atoms with Gasteiger partial charge in [-0.25, -0.2) is 0 Å². The second-order valence-corrected chi connectivity index (χ2v) is 4.93. The summed E-state index contributed by atoms with van der Waals surface area (Å²) in [5.41, 5.74) is 1.14. The number of benzene rings is 2. The highest BCUT2D eigenvalue weighted by Crippen LogP contribution is 2.37. The molecule has 0 spiro atoms. The predicted molar refractivity (Wildman–Crippen MR) is 81.2 cm³/mol. The lowest BCUT2D eigenvalue weighted by Gasteiger charge is -2.17. The van der Waals surface area contributed by atoms with Gasteiger partial charge in [0.15, 0.2) is 11.5 Å². The van der Waals surface area contributed by atoms with Crippen LogP contribution in [0.5, 0.6) is 23.0 Å². The minimum atomic E-state index is 0.236. The average Bonchev–Trinajstić information content (AvgIpc) is 2.95. The van der Waals surface area contributed by atoms with Crippen LogP contribution in [0.15, 0.2) is 42.5 Å². The lowest BCUT2D eigenvalue weighted by atomic mass is 10.1. The molecule has 0 fully saturated rings. The lowest BCUT2D eigenvalue weighted by Crippen LogP contribution is -2.18. The van der Waals surface area contributed by atoms with Gasteiger partial charge < -0.3 is 19.5 Å². The van der Waals surface area contributed by atoms with Crippen LogP contribution in [0.4, 0.5) is 0 Å². The Labute approximate surface area is 124 Å². The summed E-state index contributed by atoms with van der Waals surface area (Å²) in [6, 6.07) is 13.9. The fourth-order valence-corrected chi connectivity index (χ4v) is 2.41. The van der Waals surface area contributed by atoms with Crippen molar-refractivity contribution in [1.29, 1.82) is 0 Å². The number of hydrogen-bond acceptors (Lipinski definition) is 4. The van der Waals surface area contributed by atoms with E-state index in [2.05, 4.69) is 25.2 Å². The Balaban J connectivity index is 1.84. The minimum Gasteiger partial charge on any atom is -0.457 e. The molecule has 4 heteroatoms. The number of nitrogens with one attached hydrogen (secondary N) is 1. The third-order valence-electron chi connectivity index (χ3n) is 3.47. The maximum atomic E-state index is 6.03. The van der Waals surface area contributed by atoms with E-state index in [1.54, 1.807) is 0 Å². The lowest BCUT2D eigenvalue weighted by molar-refractivity contribution is 0.174. The van der Waals surface area contributed by atoms with E-state index in [1.165, 1.54) is 0 Å². The van der Waals surface area contributed by atoms with Crippen LogP contribution in [-0.2, 0) is 0 Å². The summed E-state index contributed by atoms with van der Waals surface area (Å²) in [4.78, 5) is 0. The van der Waals surface area contributed by atoms with E-state index in [-0.39, 0.29) is 12.8 Å². The molecule has 1 N–H and O–H groups in total. The first-order valence-corrected chi connectivity index (χ1v) is 7.17. The smallest absolute Gasteiger partial charge is 0.231 e. The van der Waals surface area contributed by atoms with Gasteiger partial charge in [0.25, 0.3) is 0 Å². The molecule has 21 heavy (non-hydrogen) atoms. The molecule has 0 aromatic heterocycles. The summed E-state index contributed by atoms with van der Waals surface area (Å²) in [7, 11) is 0. The molecule has 0 amide bonds. The van der Waals surface area contributed by atoms with Crippen LogP contribution in [0.1, 0.15) is 25.5 Å². The summed E-state index contributed by atoms with van der Waals surface area (Å²) < 4.78 is 16.7. The molecule has 1 aliphatic rings. The minimum absolute atomic E-state index is 0.236. The van der Waals surface area contributed by atoms with E-state index < -0.39 is 0 Å². The van der Waals surface area contributed by atoms with Crippen molar-refractivity contribution in [2.75, 3.05) is 13.3 Å². The van der Waals surface area contributed by atoms with Gasteiger partial charge >= 0.3 is 0 Å². The maximum absolute atomic E-state index is 6.03. The van der Waals surface area contributed by atoms with Crippen molar-refractivity contribution in [2.45, 2.75) is 19.9 Å². The second kappa shape index (κ2) is 6.06. The number of fused-ring (bicyclic) bond motifs is 1. The van der Waals surface area contributed by atoms with Gasteiger partial charge in [-0.1, -0.05) is 25.1 Å². The molecule has 4 nitrogen and oxygen atoms in total. The Hall–Kier alpha value is -2.20. The Kier molecular flexibility index (Phi) is 3.97. The molecular weight excluding hydrogens is 266 g/mol. The fraction of sp³-hybridized carbons (Fsp3) is 0.294. The topological polar surface area (TPSA) is 39.7 Å². The molecule has 0 bridgehead atoms. The molecule has 2 aromatic rings. The fourth-order valence-electron chi connectivity index (χ4n) is 2.41. The van der Waals surface area contributed by atoms with E-state index in [0.29, 0.717) is 0 Å². The summed E-state index contributed by atoms with van der Waals surface area (Å²) in [6.07, 6.45) is 0. The molecule has 0 radical (unpaired) electrons. The van der Waals surface area contributed by atoms with E-state index in [9.17, 15) is 0 Å². The van der Waals surface area contributed by atoms with Crippen LogP contribution in [0, 0.1) is 0 Å². The Bertz CT molecular complexity index is 627. The molecule has 1 aliphatic heterocycles. The standard InChI is InChI=1S/C17H19NO3/c1-3-18-12(2)14-6-4-5-7-15(14)21-13-8-9-16-17(10-13)20-11-19-16/h4-10,12,18H,3,11H2,1-2H3. The number of para-hydroxylation sites is 1. The predicted octanol–water partition coefficient (Wildman–Crippen LogP) is 3.88. The van der Waals surface area contributed by atoms with Crippen molar-refractivity contribution in [1.82, 2.24) is 5.32 Å². The van der Waals surface area contributed by atoms with Crippen LogP contribution in [0.25, 0.3) is 0 Å². The Morgan fingerprint density at radius 2 is 1.95 bits per heavy atom. The zero-order chi connectivity index (χ0) is 14.7. The largest absolute Gasteiger partial charge is 0.457 e. The molecule has 110 valence electrons. The van der Waals surface area contributed by atoms with Crippen LogP contribution in [0.2, 0.25) is 0 Å². The molecule has 1 atom stereocenters. The Morgan fingerprint density at radius 3 is 2.81 bits per heavy atom. The molecule has 2 aromatic carbocycles. The van der Waals surface area contributed by atoms with Gasteiger partial charge in [-0.15, -0.1) is 0 Å². The first-order valence-electron chi connectivity index (χ1n) is 7.17. The van der Waals surface area contributed by atoms with Crippen LogP contribution in [0.3, 0.4) is 0 Å². The van der Waals surface area contributed by atoms with E-state index in [4.69, 9.17) is 14.2 Å². The normalized spacial score (nSPS) is 14.0. The van der Waals surface area contributed by atoms with Crippen molar-refractivity contribution in [3.8, 4) is 23.0 Å². The first kappa shape index (κ1) is 13.8. The van der Waals surface area contributed by atoms with E-state index in [1.807, 2.05) is 36.4 Å². The van der Waals surface area contributed by atoms with Crippen molar-refractivity contribution >= 4 is 0 Å². The van der Waals surface area contributed by atoms with Gasteiger partial charge in [-0.05, 0) is 31.7 Å². The van der Waals surface area contributed by atoms with Gasteiger partial charge in [0.2, 0.25) is 6.79 Å². The molecule has 1 unspecified atom stereocenters. The van der Waals surface area contributed by atoms with Crippen LogP contribution < -0.4 is 19.5 Å². The molecular formula is C17H19NO3. The molecule has 0 aliphatic carbocycles. The SMILES string of the molecule is CCNC(C)c1ccccc1Oc1ccc2c(c1)OCO2. The molecule has 3 rings (SSSR count). The molecule has 0 saturated carbocycles. The average molecular weight is 285 g/mol. The Morgan fingerprint density at radius 1 is 1.14 bits per heavy atom. The van der Waals surface area contributed by atoms with Gasteiger partial charge in [-0.2, -0.15) is 0 Å². The summed E-state index contributed by atoms with van der Waals surface area (Å²) >= 11 is 0. The van der Waals surface area contributed by atoms with Crippen LogP contribution >= 0.6 is 0 Å². The second-order valence-electron chi connectivity index (χ2n) is 4.93. The highest BCUT2D eigenvalue weighted by Gasteiger charge is 2.15. The summed E-state index contributed by atoms with van der Waals surface area (Å²) in [5, 5.41) is 3.40. The summed E-state index contributed by atoms with van der Waals surface area (Å²) in [6.45, 7) is 5.41. The van der Waals surface area contributed by atoms with Gasteiger partial charge in [0.05, 0.1) is 0 Å². The van der Waals surface area contributed by atoms with E-state index >= 15 is 0 Å².